The predicted molar refractivity (Wildman–Crippen MR) is 75.6 cm³/mol. The normalized spacial score (nSPS) is 13.2. The first-order valence-corrected chi connectivity index (χ1v) is 7.78. The Labute approximate surface area is 105 Å². The van der Waals surface area contributed by atoms with E-state index >= 15 is 0 Å². The summed E-state index contributed by atoms with van der Waals surface area (Å²) in [5, 5.41) is 0. The highest BCUT2D eigenvalue weighted by molar-refractivity contribution is 8.02. The Morgan fingerprint density at radius 1 is 0.667 bits per heavy atom. The second kappa shape index (κ2) is 7.05. The lowest BCUT2D eigenvalue weighted by Gasteiger charge is -2.24. The monoisotopic (exact) mass is 252 g/mol. The van der Waals surface area contributed by atoms with Crippen LogP contribution in [0.15, 0.2) is 0 Å². The maximum atomic E-state index is 2.26. The molecule has 0 aromatic heterocycles. The molecule has 0 N–H and O–H groups in total. The molecule has 0 saturated heterocycles. The molecule has 0 heterocycles. The van der Waals surface area contributed by atoms with E-state index in [1.165, 1.54) is 29.7 Å². The van der Waals surface area contributed by atoms with Gasteiger partial charge < -0.3 is 8.97 Å². The molecule has 0 aliphatic carbocycles. The summed E-state index contributed by atoms with van der Waals surface area (Å²) in [5.41, 5.74) is 0. The molecule has 0 saturated carbocycles. The van der Waals surface area contributed by atoms with Gasteiger partial charge in [0.25, 0.3) is 0 Å². The summed E-state index contributed by atoms with van der Waals surface area (Å²) in [7, 11) is 13.5. The summed E-state index contributed by atoms with van der Waals surface area (Å²) in [6, 6.07) is 0. The lowest BCUT2D eigenvalue weighted by atomic mass is 10.6. The average Bonchev–Trinajstić information content (AvgIpc) is 1.98. The van der Waals surface area contributed by atoms with Gasteiger partial charge in [0.2, 0.25) is 0 Å². The summed E-state index contributed by atoms with van der Waals surface area (Å²) >= 11 is 4.15. The van der Waals surface area contributed by atoms with Gasteiger partial charge in [0.05, 0.1) is 48.8 Å². The SMILES string of the molecule is C[N+](C)(C)CCSCCSC[N+](C)(C)C. The Balaban J connectivity index is 3.20. The summed E-state index contributed by atoms with van der Waals surface area (Å²) in [6.07, 6.45) is 0. The Morgan fingerprint density at radius 2 is 1.20 bits per heavy atom. The van der Waals surface area contributed by atoms with E-state index < -0.39 is 0 Å². The fourth-order valence-corrected chi connectivity index (χ4v) is 3.40. The van der Waals surface area contributed by atoms with Gasteiger partial charge in [-0.15, -0.1) is 11.8 Å². The van der Waals surface area contributed by atoms with Crippen LogP contribution in [0.1, 0.15) is 0 Å². The van der Waals surface area contributed by atoms with E-state index in [4.69, 9.17) is 0 Å². The molecule has 0 bridgehead atoms. The number of hydrogen-bond donors (Lipinski definition) is 0. The third-order valence-electron chi connectivity index (χ3n) is 1.76. The number of hydrogen-bond acceptors (Lipinski definition) is 2. The van der Waals surface area contributed by atoms with Gasteiger partial charge in [-0.3, -0.25) is 0 Å². The maximum absolute atomic E-state index is 2.26. The molecule has 0 rings (SSSR count). The molecule has 0 fully saturated rings. The molecule has 15 heavy (non-hydrogen) atoms. The van der Waals surface area contributed by atoms with Crippen LogP contribution in [0.3, 0.4) is 0 Å². The number of quaternary nitrogens is 2. The van der Waals surface area contributed by atoms with Gasteiger partial charge in [-0.25, -0.2) is 0 Å². The Bertz CT molecular complexity index is 141. The highest BCUT2D eigenvalue weighted by Gasteiger charge is 2.07. The van der Waals surface area contributed by atoms with Crippen molar-refractivity contribution in [2.45, 2.75) is 0 Å². The lowest BCUT2D eigenvalue weighted by Crippen LogP contribution is -2.36. The van der Waals surface area contributed by atoms with Gasteiger partial charge in [-0.1, -0.05) is 0 Å². The van der Waals surface area contributed by atoms with Crippen LogP contribution in [0.25, 0.3) is 0 Å². The van der Waals surface area contributed by atoms with Gasteiger partial charge in [-0.2, -0.15) is 11.8 Å². The van der Waals surface area contributed by atoms with Crippen molar-refractivity contribution >= 4 is 23.5 Å². The van der Waals surface area contributed by atoms with E-state index in [0.717, 1.165) is 8.97 Å². The molecule has 4 heteroatoms. The molecule has 0 aliphatic rings. The van der Waals surface area contributed by atoms with Crippen molar-refractivity contribution in [1.82, 2.24) is 0 Å². The van der Waals surface area contributed by atoms with Crippen molar-refractivity contribution in [3.8, 4) is 0 Å². The molecule has 0 unspecified atom stereocenters. The first-order chi connectivity index (χ1) is 6.71. The first kappa shape index (κ1) is 15.6. The summed E-state index contributed by atoms with van der Waals surface area (Å²) in [5.74, 6) is 5.09. The van der Waals surface area contributed by atoms with Crippen molar-refractivity contribution < 1.29 is 8.97 Å². The summed E-state index contributed by atoms with van der Waals surface area (Å²) in [4.78, 5) is 0. The predicted octanol–water partition coefficient (Wildman–Crippen LogP) is 1.82. The molecule has 0 amide bonds. The van der Waals surface area contributed by atoms with Crippen LogP contribution in [-0.4, -0.2) is 80.9 Å². The van der Waals surface area contributed by atoms with Crippen molar-refractivity contribution in [1.29, 1.82) is 0 Å². The summed E-state index contributed by atoms with van der Waals surface area (Å²) in [6.45, 7) is 1.27. The zero-order valence-corrected chi connectivity index (χ0v) is 12.9. The van der Waals surface area contributed by atoms with Crippen LogP contribution in [0.5, 0.6) is 0 Å². The van der Waals surface area contributed by atoms with E-state index in [9.17, 15) is 0 Å². The number of nitrogens with zero attached hydrogens (tertiary/aromatic N) is 2. The largest absolute Gasteiger partial charge is 0.330 e. The highest BCUT2D eigenvalue weighted by Crippen LogP contribution is 2.10. The van der Waals surface area contributed by atoms with Crippen molar-refractivity contribution in [3.05, 3.63) is 0 Å². The molecular weight excluding hydrogens is 224 g/mol. The average molecular weight is 252 g/mol. The van der Waals surface area contributed by atoms with E-state index in [0.29, 0.717) is 0 Å². The molecule has 2 nitrogen and oxygen atoms in total. The fourth-order valence-electron chi connectivity index (χ4n) is 0.897. The fraction of sp³-hybridized carbons (Fsp3) is 1.00. The highest BCUT2D eigenvalue weighted by atomic mass is 32.2. The minimum atomic E-state index is 1.06. The van der Waals surface area contributed by atoms with Crippen LogP contribution in [0.2, 0.25) is 0 Å². The van der Waals surface area contributed by atoms with Crippen LogP contribution in [0.4, 0.5) is 0 Å². The second-order valence-electron chi connectivity index (χ2n) is 5.95. The minimum absolute atomic E-state index is 1.06. The molecule has 0 radical (unpaired) electrons. The molecule has 0 spiro atoms. The van der Waals surface area contributed by atoms with E-state index in [1.807, 2.05) is 0 Å². The standard InChI is InChI=1S/C11H28N2S2/c1-12(2,3)7-8-14-9-10-15-11-13(4,5)6/h7-11H2,1-6H3/q+2. The first-order valence-electron chi connectivity index (χ1n) is 5.47. The van der Waals surface area contributed by atoms with Crippen molar-refractivity contribution in [2.75, 3.05) is 72.0 Å². The molecule has 0 aromatic carbocycles. The Morgan fingerprint density at radius 3 is 1.67 bits per heavy atom. The van der Waals surface area contributed by atoms with E-state index in [2.05, 4.69) is 65.8 Å². The maximum Gasteiger partial charge on any atom is 0.125 e. The van der Waals surface area contributed by atoms with E-state index in [-0.39, 0.29) is 0 Å². The van der Waals surface area contributed by atoms with Gasteiger partial charge in [0, 0.05) is 17.3 Å². The number of thioether (sulfide) groups is 2. The molecule has 0 aromatic rings. The van der Waals surface area contributed by atoms with Gasteiger partial charge in [0.15, 0.2) is 0 Å². The smallest absolute Gasteiger partial charge is 0.125 e. The lowest BCUT2D eigenvalue weighted by molar-refractivity contribution is -0.867. The van der Waals surface area contributed by atoms with Gasteiger partial charge in [-0.05, 0) is 0 Å². The van der Waals surface area contributed by atoms with Gasteiger partial charge >= 0.3 is 0 Å². The molecular formula is C11H28N2S2+2. The Hall–Kier alpha value is 0.620. The van der Waals surface area contributed by atoms with Crippen LogP contribution in [-0.2, 0) is 0 Å². The minimum Gasteiger partial charge on any atom is -0.330 e. The quantitative estimate of drug-likeness (QED) is 0.367. The van der Waals surface area contributed by atoms with Gasteiger partial charge in [0.1, 0.15) is 5.88 Å². The topological polar surface area (TPSA) is 0 Å². The van der Waals surface area contributed by atoms with Crippen LogP contribution >= 0.6 is 23.5 Å². The third-order valence-corrected chi connectivity index (χ3v) is 4.43. The van der Waals surface area contributed by atoms with E-state index in [1.54, 1.807) is 0 Å². The third kappa shape index (κ3) is 14.6. The zero-order valence-electron chi connectivity index (χ0n) is 11.2. The second-order valence-corrected chi connectivity index (χ2v) is 8.25. The molecule has 0 aliphatic heterocycles. The Kier molecular flexibility index (Phi) is 7.34. The molecule has 92 valence electrons. The summed E-state index contributed by atoms with van der Waals surface area (Å²) < 4.78 is 2.15. The zero-order chi connectivity index (χ0) is 11.9. The van der Waals surface area contributed by atoms with Crippen LogP contribution in [0, 0.1) is 0 Å². The van der Waals surface area contributed by atoms with Crippen LogP contribution < -0.4 is 0 Å². The number of rotatable bonds is 8. The molecule has 0 atom stereocenters. The van der Waals surface area contributed by atoms with Crippen molar-refractivity contribution in [3.63, 3.8) is 0 Å². The van der Waals surface area contributed by atoms with Crippen molar-refractivity contribution in [2.24, 2.45) is 0 Å².